The third-order valence-electron chi connectivity index (χ3n) is 2.98. The largest absolute Gasteiger partial charge is 0.508 e. The van der Waals surface area contributed by atoms with Crippen LogP contribution in [0.5, 0.6) is 5.75 Å². The molecule has 2 aromatic rings. The van der Waals surface area contributed by atoms with Gasteiger partial charge in [-0.05, 0) is 54.2 Å². The summed E-state index contributed by atoms with van der Waals surface area (Å²) >= 11 is 10.9. The number of phenols is 1. The fourth-order valence-electron chi connectivity index (χ4n) is 1.76. The second-order valence-electron chi connectivity index (χ2n) is 4.80. The number of nitrogens with one attached hydrogen (secondary N) is 3. The average Bonchev–Trinajstić information content (AvgIpc) is 2.59. The molecule has 8 heteroatoms. The summed E-state index contributed by atoms with van der Waals surface area (Å²) in [5.41, 5.74) is 5.76. The number of benzene rings is 2. The SMILES string of the molecule is O=C(C=Cc1ccccc1Cl)NC(=S)NNC(=O)c1ccc(O)cc1. The normalized spacial score (nSPS) is 10.3. The maximum atomic E-state index is 11.8. The Labute approximate surface area is 154 Å². The van der Waals surface area contributed by atoms with Gasteiger partial charge in [0.25, 0.3) is 5.91 Å². The van der Waals surface area contributed by atoms with Gasteiger partial charge >= 0.3 is 0 Å². The number of phenolic OH excluding ortho intramolecular Hbond substituents is 1. The minimum atomic E-state index is -0.476. The van der Waals surface area contributed by atoms with Gasteiger partial charge in [-0.1, -0.05) is 29.8 Å². The van der Waals surface area contributed by atoms with Gasteiger partial charge in [-0.15, -0.1) is 0 Å². The molecule has 0 saturated carbocycles. The fourth-order valence-corrected chi connectivity index (χ4v) is 2.11. The minimum absolute atomic E-state index is 0.0533. The van der Waals surface area contributed by atoms with Crippen molar-refractivity contribution < 1.29 is 14.7 Å². The van der Waals surface area contributed by atoms with Crippen LogP contribution in [0.4, 0.5) is 0 Å². The van der Waals surface area contributed by atoms with E-state index in [9.17, 15) is 14.7 Å². The van der Waals surface area contributed by atoms with Gasteiger partial charge in [0.05, 0.1) is 0 Å². The van der Waals surface area contributed by atoms with Gasteiger partial charge < -0.3 is 5.11 Å². The van der Waals surface area contributed by atoms with Crippen molar-refractivity contribution in [3.05, 3.63) is 70.8 Å². The second kappa shape index (κ2) is 8.81. The lowest BCUT2D eigenvalue weighted by atomic mass is 10.2. The molecular formula is C17H14ClN3O3S. The standard InChI is InChI=1S/C17H14ClN3O3S/c18-14-4-2-1-3-11(14)7-10-15(23)19-17(25)21-20-16(24)12-5-8-13(22)9-6-12/h1-10,22H,(H,20,24)(H2,19,21,23,25). The summed E-state index contributed by atoms with van der Waals surface area (Å²) in [6.45, 7) is 0. The highest BCUT2D eigenvalue weighted by Crippen LogP contribution is 2.16. The zero-order valence-electron chi connectivity index (χ0n) is 12.8. The molecule has 128 valence electrons. The highest BCUT2D eigenvalue weighted by molar-refractivity contribution is 7.80. The lowest BCUT2D eigenvalue weighted by molar-refractivity contribution is -0.115. The van der Waals surface area contributed by atoms with Crippen molar-refractivity contribution in [2.75, 3.05) is 0 Å². The highest BCUT2D eigenvalue weighted by Gasteiger charge is 2.06. The first-order valence-corrected chi connectivity index (χ1v) is 7.87. The molecule has 4 N–H and O–H groups in total. The molecule has 0 spiro atoms. The van der Waals surface area contributed by atoms with Gasteiger partial charge in [-0.2, -0.15) is 0 Å². The van der Waals surface area contributed by atoms with Gasteiger partial charge in [0.2, 0.25) is 5.91 Å². The fraction of sp³-hybridized carbons (Fsp3) is 0. The summed E-state index contributed by atoms with van der Waals surface area (Å²) in [4.78, 5) is 23.6. The molecule has 0 aliphatic rings. The second-order valence-corrected chi connectivity index (χ2v) is 5.61. The summed E-state index contributed by atoms with van der Waals surface area (Å²) in [7, 11) is 0. The summed E-state index contributed by atoms with van der Waals surface area (Å²) < 4.78 is 0. The maximum absolute atomic E-state index is 11.8. The monoisotopic (exact) mass is 375 g/mol. The van der Waals surface area contributed by atoms with Crippen LogP contribution in [0.1, 0.15) is 15.9 Å². The number of rotatable bonds is 3. The van der Waals surface area contributed by atoms with E-state index in [4.69, 9.17) is 23.8 Å². The van der Waals surface area contributed by atoms with E-state index in [-0.39, 0.29) is 10.9 Å². The van der Waals surface area contributed by atoms with Crippen LogP contribution in [0, 0.1) is 0 Å². The van der Waals surface area contributed by atoms with Gasteiger partial charge in [-0.25, -0.2) is 0 Å². The first kappa shape index (κ1) is 18.4. The highest BCUT2D eigenvalue weighted by atomic mass is 35.5. The molecule has 0 bridgehead atoms. The van der Waals surface area contributed by atoms with E-state index in [0.29, 0.717) is 16.1 Å². The molecule has 0 saturated heterocycles. The van der Waals surface area contributed by atoms with Crippen molar-refractivity contribution in [3.63, 3.8) is 0 Å². The summed E-state index contributed by atoms with van der Waals surface area (Å²) in [5.74, 6) is -0.892. The van der Waals surface area contributed by atoms with Crippen molar-refractivity contribution in [2.45, 2.75) is 0 Å². The average molecular weight is 376 g/mol. The van der Waals surface area contributed by atoms with Crippen molar-refractivity contribution in [1.82, 2.24) is 16.2 Å². The number of hydrogen-bond acceptors (Lipinski definition) is 4. The number of halogens is 1. The number of hydrazine groups is 1. The lowest BCUT2D eigenvalue weighted by Crippen LogP contribution is -2.48. The predicted octanol–water partition coefficient (Wildman–Crippen LogP) is 2.39. The number of hydrogen-bond donors (Lipinski definition) is 4. The molecular weight excluding hydrogens is 362 g/mol. The number of thiocarbonyl (C=S) groups is 1. The Hall–Kier alpha value is -2.90. The summed E-state index contributed by atoms with van der Waals surface area (Å²) in [6.07, 6.45) is 2.83. The summed E-state index contributed by atoms with van der Waals surface area (Å²) in [6, 6.07) is 12.7. The van der Waals surface area contributed by atoms with E-state index in [2.05, 4.69) is 16.2 Å². The summed E-state index contributed by atoms with van der Waals surface area (Å²) in [5, 5.41) is 12.0. The van der Waals surface area contributed by atoms with E-state index in [1.54, 1.807) is 30.3 Å². The molecule has 0 unspecified atom stereocenters. The van der Waals surface area contributed by atoms with Crippen LogP contribution in [0.25, 0.3) is 6.08 Å². The van der Waals surface area contributed by atoms with E-state index in [1.807, 2.05) is 0 Å². The van der Waals surface area contributed by atoms with E-state index < -0.39 is 11.8 Å². The Balaban J connectivity index is 1.81. The Bertz CT molecular complexity index is 822. The number of carbonyl (C=O) groups excluding carboxylic acids is 2. The smallest absolute Gasteiger partial charge is 0.269 e. The Morgan fingerprint density at radius 3 is 2.40 bits per heavy atom. The van der Waals surface area contributed by atoms with Crippen LogP contribution in [-0.4, -0.2) is 22.0 Å². The van der Waals surface area contributed by atoms with Crippen molar-refractivity contribution in [2.24, 2.45) is 0 Å². The van der Waals surface area contributed by atoms with Gasteiger partial charge in [0, 0.05) is 16.7 Å². The maximum Gasteiger partial charge on any atom is 0.269 e. The molecule has 0 fully saturated rings. The quantitative estimate of drug-likeness (QED) is 0.376. The van der Waals surface area contributed by atoms with Crippen LogP contribution in [0.3, 0.4) is 0 Å². The molecule has 0 aliphatic heterocycles. The molecule has 2 rings (SSSR count). The third-order valence-corrected chi connectivity index (χ3v) is 3.52. The number of amides is 2. The van der Waals surface area contributed by atoms with E-state index >= 15 is 0 Å². The zero-order valence-corrected chi connectivity index (χ0v) is 14.4. The van der Waals surface area contributed by atoms with Crippen molar-refractivity contribution in [3.8, 4) is 5.75 Å². The Morgan fingerprint density at radius 2 is 1.72 bits per heavy atom. The molecule has 2 aromatic carbocycles. The van der Waals surface area contributed by atoms with E-state index in [1.165, 1.54) is 30.3 Å². The molecule has 0 atom stereocenters. The first-order chi connectivity index (χ1) is 12.0. The Kier molecular flexibility index (Phi) is 6.50. The zero-order chi connectivity index (χ0) is 18.2. The van der Waals surface area contributed by atoms with Gasteiger partial charge in [0.15, 0.2) is 5.11 Å². The number of carbonyl (C=O) groups is 2. The minimum Gasteiger partial charge on any atom is -0.508 e. The lowest BCUT2D eigenvalue weighted by Gasteiger charge is -2.09. The molecule has 0 aliphatic carbocycles. The van der Waals surface area contributed by atoms with Crippen molar-refractivity contribution >= 4 is 46.8 Å². The third kappa shape index (κ3) is 5.91. The van der Waals surface area contributed by atoms with Gasteiger partial charge in [-0.3, -0.25) is 25.8 Å². The first-order valence-electron chi connectivity index (χ1n) is 7.08. The van der Waals surface area contributed by atoms with E-state index in [0.717, 1.165) is 0 Å². The van der Waals surface area contributed by atoms with Crippen LogP contribution in [-0.2, 0) is 4.79 Å². The van der Waals surface area contributed by atoms with Crippen LogP contribution in [0.2, 0.25) is 5.02 Å². The topological polar surface area (TPSA) is 90.5 Å². The molecule has 25 heavy (non-hydrogen) atoms. The molecule has 0 radical (unpaired) electrons. The van der Waals surface area contributed by atoms with Crippen LogP contribution in [0.15, 0.2) is 54.6 Å². The predicted molar refractivity (Wildman–Crippen MR) is 99.9 cm³/mol. The number of aromatic hydroxyl groups is 1. The van der Waals surface area contributed by atoms with Crippen LogP contribution >= 0.6 is 23.8 Å². The van der Waals surface area contributed by atoms with Gasteiger partial charge in [0.1, 0.15) is 5.75 Å². The molecule has 0 aromatic heterocycles. The van der Waals surface area contributed by atoms with Crippen molar-refractivity contribution in [1.29, 1.82) is 0 Å². The Morgan fingerprint density at radius 1 is 1.04 bits per heavy atom. The molecule has 2 amide bonds. The molecule has 6 nitrogen and oxygen atoms in total. The van der Waals surface area contributed by atoms with Crippen LogP contribution < -0.4 is 16.2 Å². The molecule has 0 heterocycles.